The first-order valence-corrected chi connectivity index (χ1v) is 10.2. The minimum atomic E-state index is -4.52. The fourth-order valence-electron chi connectivity index (χ4n) is 2.11. The Hall–Kier alpha value is -3.07. The minimum Gasteiger partial charge on any atom is -0.484 e. The molecule has 0 aliphatic heterocycles. The molecule has 0 spiro atoms. The summed E-state index contributed by atoms with van der Waals surface area (Å²) >= 11 is 0. The zero-order valence-electron chi connectivity index (χ0n) is 20.1. The van der Waals surface area contributed by atoms with Gasteiger partial charge in [-0.25, -0.2) is 0 Å². The van der Waals surface area contributed by atoms with Gasteiger partial charge in [0.05, 0.1) is 12.2 Å². The second kappa shape index (κ2) is 14.9. The Labute approximate surface area is 193 Å². The standard InChI is InChI=1S/C17H18F3N3O2.C5H10.C2H6O/c1-3-11(2)9-23-14(8-15(22-23)17(18,19)20)12-4-6-13(7-5-12)25-10-16(21)24;1-4-5(2)3;1-3-2/h3-8H,9-10H2,1-2H3,(H2,21,24);2,4H2,1,3H3;1-2H3/b11-3+;;. The average Bonchev–Trinajstić information content (AvgIpc) is 3.17. The van der Waals surface area contributed by atoms with Crippen LogP contribution in [-0.2, 0) is 22.3 Å². The molecule has 2 N–H and O–H groups in total. The Balaban J connectivity index is 0.00000111. The number of allylic oxidation sites excluding steroid dienone is 3. The van der Waals surface area contributed by atoms with E-state index in [2.05, 4.69) is 23.3 Å². The van der Waals surface area contributed by atoms with Gasteiger partial charge < -0.3 is 15.2 Å². The van der Waals surface area contributed by atoms with Crippen molar-refractivity contribution in [2.45, 2.75) is 46.8 Å². The van der Waals surface area contributed by atoms with Crippen molar-refractivity contribution in [3.05, 3.63) is 59.8 Å². The minimum absolute atomic E-state index is 0.252. The summed E-state index contributed by atoms with van der Waals surface area (Å²) in [4.78, 5) is 10.7. The van der Waals surface area contributed by atoms with Crippen molar-refractivity contribution in [2.75, 3.05) is 20.8 Å². The van der Waals surface area contributed by atoms with Crippen LogP contribution in [0, 0.1) is 0 Å². The highest BCUT2D eigenvalue weighted by atomic mass is 19.4. The van der Waals surface area contributed by atoms with Gasteiger partial charge in [0.15, 0.2) is 12.3 Å². The molecule has 33 heavy (non-hydrogen) atoms. The van der Waals surface area contributed by atoms with Gasteiger partial charge in [-0.3, -0.25) is 9.48 Å². The molecule has 0 bridgehead atoms. The summed E-state index contributed by atoms with van der Waals surface area (Å²) in [7, 11) is 3.25. The second-order valence-electron chi connectivity index (χ2n) is 7.20. The molecule has 2 rings (SSSR count). The average molecular weight is 470 g/mol. The first kappa shape index (κ1) is 29.9. The van der Waals surface area contributed by atoms with E-state index in [0.29, 0.717) is 17.0 Å². The highest BCUT2D eigenvalue weighted by Gasteiger charge is 2.35. The van der Waals surface area contributed by atoms with Crippen molar-refractivity contribution < 1.29 is 27.4 Å². The summed E-state index contributed by atoms with van der Waals surface area (Å²) in [5, 5.41) is 3.69. The van der Waals surface area contributed by atoms with Crippen molar-refractivity contribution in [3.63, 3.8) is 0 Å². The molecule has 1 heterocycles. The molecule has 0 aliphatic rings. The summed E-state index contributed by atoms with van der Waals surface area (Å²) in [6.45, 7) is 11.4. The number of halogens is 3. The van der Waals surface area contributed by atoms with E-state index in [1.807, 2.05) is 26.8 Å². The van der Waals surface area contributed by atoms with Crippen LogP contribution in [0.4, 0.5) is 13.2 Å². The monoisotopic (exact) mass is 469 g/mol. The lowest BCUT2D eigenvalue weighted by Gasteiger charge is -2.09. The molecule has 9 heteroatoms. The van der Waals surface area contributed by atoms with E-state index in [1.54, 1.807) is 38.5 Å². The highest BCUT2D eigenvalue weighted by Crippen LogP contribution is 2.32. The van der Waals surface area contributed by atoms with Gasteiger partial charge in [-0.15, -0.1) is 6.58 Å². The third kappa shape index (κ3) is 11.9. The SMILES string of the molecule is C/C=C(\C)Cn1nc(C(F)(F)F)cc1-c1ccc(OCC(N)=O)cc1.C=C(C)CC.COC. The van der Waals surface area contributed by atoms with Crippen LogP contribution in [0.25, 0.3) is 11.3 Å². The van der Waals surface area contributed by atoms with E-state index in [0.717, 1.165) is 18.1 Å². The number of hydrogen-bond acceptors (Lipinski definition) is 4. The van der Waals surface area contributed by atoms with Crippen molar-refractivity contribution >= 4 is 5.91 Å². The summed E-state index contributed by atoms with van der Waals surface area (Å²) in [5.41, 5.74) is 7.09. The lowest BCUT2D eigenvalue weighted by Crippen LogP contribution is -2.19. The quantitative estimate of drug-likeness (QED) is 0.533. The number of alkyl halides is 3. The molecule has 1 amide bonds. The zero-order chi connectivity index (χ0) is 25.6. The Morgan fingerprint density at radius 3 is 2.12 bits per heavy atom. The van der Waals surface area contributed by atoms with Crippen LogP contribution >= 0.6 is 0 Å². The molecule has 1 aromatic carbocycles. The third-order valence-electron chi connectivity index (χ3n) is 4.10. The number of hydrogen-bond donors (Lipinski definition) is 1. The van der Waals surface area contributed by atoms with Crippen LogP contribution in [0.3, 0.4) is 0 Å². The van der Waals surface area contributed by atoms with Crippen molar-refractivity contribution in [1.82, 2.24) is 9.78 Å². The molecular weight excluding hydrogens is 435 g/mol. The number of carbonyl (C=O) groups is 1. The molecule has 0 fully saturated rings. The molecule has 0 saturated carbocycles. The fraction of sp³-hybridized carbons (Fsp3) is 0.417. The molecule has 2 aromatic rings. The molecule has 0 unspecified atom stereocenters. The van der Waals surface area contributed by atoms with Gasteiger partial charge in [0.2, 0.25) is 0 Å². The fourth-order valence-corrected chi connectivity index (χ4v) is 2.11. The first-order chi connectivity index (χ1) is 15.4. The second-order valence-corrected chi connectivity index (χ2v) is 7.20. The van der Waals surface area contributed by atoms with Gasteiger partial charge in [0.25, 0.3) is 5.91 Å². The Morgan fingerprint density at radius 2 is 1.73 bits per heavy atom. The van der Waals surface area contributed by atoms with Crippen molar-refractivity contribution in [3.8, 4) is 17.0 Å². The number of methoxy groups -OCH3 is 1. The van der Waals surface area contributed by atoms with Gasteiger partial charge in [0.1, 0.15) is 5.75 Å². The Bertz CT molecular complexity index is 902. The van der Waals surface area contributed by atoms with Crippen LogP contribution in [0.5, 0.6) is 5.75 Å². The van der Waals surface area contributed by atoms with E-state index in [4.69, 9.17) is 10.5 Å². The van der Waals surface area contributed by atoms with Gasteiger partial charge in [-0.1, -0.05) is 24.1 Å². The largest absolute Gasteiger partial charge is 0.484 e. The maximum atomic E-state index is 13.0. The number of nitrogens with two attached hydrogens (primary N) is 1. The van der Waals surface area contributed by atoms with Crippen LogP contribution in [-0.4, -0.2) is 36.5 Å². The number of aromatic nitrogens is 2. The number of nitrogens with zero attached hydrogens (tertiary/aromatic N) is 2. The van der Waals surface area contributed by atoms with E-state index in [1.165, 1.54) is 10.3 Å². The van der Waals surface area contributed by atoms with E-state index in [9.17, 15) is 18.0 Å². The molecule has 0 aliphatic carbocycles. The Kier molecular flexibility index (Phi) is 13.5. The van der Waals surface area contributed by atoms with E-state index in [-0.39, 0.29) is 13.2 Å². The van der Waals surface area contributed by atoms with Gasteiger partial charge in [-0.2, -0.15) is 18.3 Å². The van der Waals surface area contributed by atoms with Gasteiger partial charge >= 0.3 is 6.18 Å². The molecule has 0 radical (unpaired) electrons. The van der Waals surface area contributed by atoms with E-state index < -0.39 is 17.8 Å². The van der Waals surface area contributed by atoms with Crippen LogP contribution in [0.2, 0.25) is 0 Å². The van der Waals surface area contributed by atoms with Gasteiger partial charge in [-0.05, 0) is 57.5 Å². The van der Waals surface area contributed by atoms with Crippen LogP contribution < -0.4 is 10.5 Å². The molecular formula is C24H34F3N3O3. The number of carbonyl (C=O) groups excluding carboxylic acids is 1. The molecule has 0 atom stereocenters. The van der Waals surface area contributed by atoms with Crippen LogP contribution in [0.1, 0.15) is 39.8 Å². The summed E-state index contributed by atoms with van der Waals surface area (Å²) in [6, 6.07) is 7.35. The third-order valence-corrected chi connectivity index (χ3v) is 4.10. The zero-order valence-corrected chi connectivity index (χ0v) is 20.1. The molecule has 184 valence electrons. The number of ether oxygens (including phenoxy) is 2. The summed E-state index contributed by atoms with van der Waals surface area (Å²) < 4.78 is 49.7. The number of amides is 1. The smallest absolute Gasteiger partial charge is 0.435 e. The lowest BCUT2D eigenvalue weighted by molar-refractivity contribution is -0.141. The lowest BCUT2D eigenvalue weighted by atomic mass is 10.1. The summed E-state index contributed by atoms with van der Waals surface area (Å²) in [5.74, 6) is -0.215. The highest BCUT2D eigenvalue weighted by molar-refractivity contribution is 5.75. The molecule has 0 saturated heterocycles. The van der Waals surface area contributed by atoms with Gasteiger partial charge in [0, 0.05) is 19.8 Å². The van der Waals surface area contributed by atoms with Crippen molar-refractivity contribution in [2.24, 2.45) is 5.73 Å². The topological polar surface area (TPSA) is 79.4 Å². The summed E-state index contributed by atoms with van der Waals surface area (Å²) in [6.07, 6.45) is -1.59. The van der Waals surface area contributed by atoms with E-state index >= 15 is 0 Å². The molecule has 6 nitrogen and oxygen atoms in total. The number of benzene rings is 1. The normalized spacial score (nSPS) is 11.0. The van der Waals surface area contributed by atoms with Crippen LogP contribution in [0.15, 0.2) is 54.1 Å². The number of primary amides is 1. The number of rotatable bonds is 7. The Morgan fingerprint density at radius 1 is 1.21 bits per heavy atom. The predicted molar refractivity (Wildman–Crippen MR) is 125 cm³/mol. The maximum absolute atomic E-state index is 13.0. The predicted octanol–water partition coefficient (Wildman–Crippen LogP) is 5.63. The maximum Gasteiger partial charge on any atom is 0.435 e. The van der Waals surface area contributed by atoms with Crippen molar-refractivity contribution in [1.29, 1.82) is 0 Å². The first-order valence-electron chi connectivity index (χ1n) is 10.2. The molecule has 1 aromatic heterocycles.